The van der Waals surface area contributed by atoms with Crippen LogP contribution in [0.15, 0.2) is 23.2 Å². The summed E-state index contributed by atoms with van der Waals surface area (Å²) in [4.78, 5) is 8.16. The van der Waals surface area contributed by atoms with E-state index in [2.05, 4.69) is 15.3 Å². The molecule has 1 aromatic rings. The lowest BCUT2D eigenvalue weighted by atomic mass is 10.3. The molecule has 0 aliphatic carbocycles. The topological polar surface area (TPSA) is 72.5 Å². The number of amidine groups is 1. The minimum Gasteiger partial charge on any atom is -0.463 e. The predicted octanol–water partition coefficient (Wildman–Crippen LogP) is 0.860. The molecule has 5 nitrogen and oxygen atoms in total. The van der Waals surface area contributed by atoms with Gasteiger partial charge in [0, 0.05) is 6.54 Å². The van der Waals surface area contributed by atoms with Crippen molar-refractivity contribution in [2.24, 2.45) is 10.7 Å². The van der Waals surface area contributed by atoms with Gasteiger partial charge in [0.2, 0.25) is 0 Å². The van der Waals surface area contributed by atoms with Crippen LogP contribution < -0.4 is 11.1 Å². The van der Waals surface area contributed by atoms with E-state index in [9.17, 15) is 0 Å². The second-order valence-corrected chi connectivity index (χ2v) is 3.55. The van der Waals surface area contributed by atoms with E-state index >= 15 is 0 Å². The number of halogens is 1. The van der Waals surface area contributed by atoms with Crippen molar-refractivity contribution < 1.29 is 4.74 Å². The van der Waals surface area contributed by atoms with Crippen LogP contribution in [0.25, 0.3) is 0 Å². The zero-order chi connectivity index (χ0) is 10.7. The van der Waals surface area contributed by atoms with Gasteiger partial charge in [-0.1, -0.05) is 17.7 Å². The summed E-state index contributed by atoms with van der Waals surface area (Å²) in [7, 11) is 0. The van der Waals surface area contributed by atoms with Gasteiger partial charge >= 0.3 is 0 Å². The molecule has 1 aliphatic heterocycles. The molecule has 1 unspecified atom stereocenters. The maximum Gasteiger partial charge on any atom is 0.282 e. The van der Waals surface area contributed by atoms with Crippen LogP contribution in [0.2, 0.25) is 5.15 Å². The molecule has 0 spiro atoms. The first-order valence-corrected chi connectivity index (χ1v) is 4.94. The number of nitrogens with one attached hydrogen (secondary N) is 1. The molecule has 0 saturated heterocycles. The van der Waals surface area contributed by atoms with Crippen molar-refractivity contribution in [3.8, 4) is 0 Å². The third-order valence-electron chi connectivity index (χ3n) is 1.97. The Kier molecular flexibility index (Phi) is 2.91. The zero-order valence-electron chi connectivity index (χ0n) is 7.98. The molecule has 15 heavy (non-hydrogen) atoms. The molecule has 0 radical (unpaired) electrons. The lowest BCUT2D eigenvalue weighted by Gasteiger charge is -2.07. The highest BCUT2D eigenvalue weighted by molar-refractivity contribution is 6.29. The molecule has 1 aromatic heterocycles. The average Bonchev–Trinajstić information content (AvgIpc) is 2.62. The Labute approximate surface area is 92.3 Å². The van der Waals surface area contributed by atoms with Crippen LogP contribution in [-0.2, 0) is 4.74 Å². The van der Waals surface area contributed by atoms with Crippen molar-refractivity contribution in [3.63, 3.8) is 0 Å². The van der Waals surface area contributed by atoms with Crippen LogP contribution in [0.4, 0.5) is 5.82 Å². The van der Waals surface area contributed by atoms with Crippen LogP contribution in [0, 0.1) is 0 Å². The second-order valence-electron chi connectivity index (χ2n) is 3.16. The van der Waals surface area contributed by atoms with Crippen LogP contribution in [0.5, 0.6) is 0 Å². The highest BCUT2D eigenvalue weighted by Crippen LogP contribution is 2.10. The Morgan fingerprint density at radius 2 is 2.47 bits per heavy atom. The SMILES string of the molecule is NC1=NC(CNc2cccc(Cl)n2)CO1. The van der Waals surface area contributed by atoms with Crippen molar-refractivity contribution in [1.29, 1.82) is 0 Å². The van der Waals surface area contributed by atoms with Gasteiger partial charge < -0.3 is 15.8 Å². The number of rotatable bonds is 3. The Hall–Kier alpha value is -1.49. The summed E-state index contributed by atoms with van der Waals surface area (Å²) in [6.45, 7) is 1.15. The predicted molar refractivity (Wildman–Crippen MR) is 59.1 cm³/mol. The van der Waals surface area contributed by atoms with Gasteiger partial charge in [0.1, 0.15) is 23.6 Å². The van der Waals surface area contributed by atoms with Gasteiger partial charge in [0.25, 0.3) is 6.02 Å². The van der Waals surface area contributed by atoms with Crippen molar-refractivity contribution in [2.45, 2.75) is 6.04 Å². The number of pyridine rings is 1. The molecular formula is C9H11ClN4O. The monoisotopic (exact) mass is 226 g/mol. The lowest BCUT2D eigenvalue weighted by Crippen LogP contribution is -2.19. The highest BCUT2D eigenvalue weighted by Gasteiger charge is 2.15. The van der Waals surface area contributed by atoms with E-state index in [4.69, 9.17) is 22.1 Å². The van der Waals surface area contributed by atoms with E-state index in [1.165, 1.54) is 0 Å². The number of anilines is 1. The number of ether oxygens (including phenoxy) is 1. The van der Waals surface area contributed by atoms with Crippen LogP contribution in [-0.4, -0.2) is 30.2 Å². The summed E-state index contributed by atoms with van der Waals surface area (Å²) in [6.07, 6.45) is 0. The van der Waals surface area contributed by atoms with Gasteiger partial charge in [-0.3, -0.25) is 0 Å². The third kappa shape index (κ3) is 2.73. The van der Waals surface area contributed by atoms with Gasteiger partial charge in [0.05, 0.1) is 0 Å². The number of hydrogen-bond donors (Lipinski definition) is 2. The molecule has 0 saturated carbocycles. The first-order valence-electron chi connectivity index (χ1n) is 4.56. The molecule has 1 aliphatic rings. The van der Waals surface area contributed by atoms with E-state index in [-0.39, 0.29) is 12.1 Å². The minimum atomic E-state index is 0.0470. The smallest absolute Gasteiger partial charge is 0.282 e. The largest absolute Gasteiger partial charge is 0.463 e. The molecular weight excluding hydrogens is 216 g/mol. The normalized spacial score (nSPS) is 19.5. The number of nitrogens with two attached hydrogens (primary N) is 1. The summed E-state index contributed by atoms with van der Waals surface area (Å²) in [5.41, 5.74) is 5.38. The summed E-state index contributed by atoms with van der Waals surface area (Å²) in [5.74, 6) is 0.725. The molecule has 0 bridgehead atoms. The Balaban J connectivity index is 1.88. The fourth-order valence-electron chi connectivity index (χ4n) is 1.27. The minimum absolute atomic E-state index is 0.0470. The molecule has 3 N–H and O–H groups in total. The fourth-order valence-corrected chi connectivity index (χ4v) is 1.43. The fraction of sp³-hybridized carbons (Fsp3) is 0.333. The molecule has 0 fully saturated rings. The van der Waals surface area contributed by atoms with Gasteiger partial charge in [-0.15, -0.1) is 0 Å². The molecule has 6 heteroatoms. The Bertz CT molecular complexity index is 382. The lowest BCUT2D eigenvalue weighted by molar-refractivity contribution is 0.316. The summed E-state index contributed by atoms with van der Waals surface area (Å²) in [5, 5.41) is 3.57. The van der Waals surface area contributed by atoms with Crippen molar-refractivity contribution in [1.82, 2.24) is 4.98 Å². The Morgan fingerprint density at radius 1 is 1.60 bits per heavy atom. The number of aliphatic imine (C=N–C) groups is 1. The van der Waals surface area contributed by atoms with Crippen molar-refractivity contribution in [2.75, 3.05) is 18.5 Å². The molecule has 80 valence electrons. The molecule has 1 atom stereocenters. The molecule has 2 heterocycles. The molecule has 0 amide bonds. The first-order chi connectivity index (χ1) is 7.24. The van der Waals surface area contributed by atoms with E-state index in [0.717, 1.165) is 5.82 Å². The van der Waals surface area contributed by atoms with Gasteiger partial charge in [-0.05, 0) is 12.1 Å². The standard InChI is InChI=1S/C9H11ClN4O/c10-7-2-1-3-8(14-7)12-4-6-5-15-9(11)13-6/h1-3,6H,4-5H2,(H2,11,13)(H,12,14). The summed E-state index contributed by atoms with van der Waals surface area (Å²) in [6, 6.07) is 5.70. The summed E-state index contributed by atoms with van der Waals surface area (Å²) >= 11 is 5.74. The van der Waals surface area contributed by atoms with Gasteiger partial charge in [0.15, 0.2) is 0 Å². The molecule has 0 aromatic carbocycles. The van der Waals surface area contributed by atoms with E-state index in [0.29, 0.717) is 18.3 Å². The van der Waals surface area contributed by atoms with Gasteiger partial charge in [-0.25, -0.2) is 9.98 Å². The Morgan fingerprint density at radius 3 is 3.13 bits per heavy atom. The zero-order valence-corrected chi connectivity index (χ0v) is 8.74. The van der Waals surface area contributed by atoms with E-state index < -0.39 is 0 Å². The maximum atomic E-state index is 5.74. The summed E-state index contributed by atoms with van der Waals surface area (Å²) < 4.78 is 5.02. The van der Waals surface area contributed by atoms with Crippen LogP contribution in [0.1, 0.15) is 0 Å². The average molecular weight is 227 g/mol. The highest BCUT2D eigenvalue weighted by atomic mass is 35.5. The van der Waals surface area contributed by atoms with Crippen LogP contribution >= 0.6 is 11.6 Å². The first kappa shape index (κ1) is 10.0. The quantitative estimate of drug-likeness (QED) is 0.750. The van der Waals surface area contributed by atoms with E-state index in [1.807, 2.05) is 12.1 Å². The van der Waals surface area contributed by atoms with Crippen molar-refractivity contribution in [3.05, 3.63) is 23.4 Å². The second kappa shape index (κ2) is 4.35. The van der Waals surface area contributed by atoms with E-state index in [1.54, 1.807) is 6.07 Å². The number of aromatic nitrogens is 1. The number of hydrogen-bond acceptors (Lipinski definition) is 5. The number of nitrogens with zero attached hydrogens (tertiary/aromatic N) is 2. The molecule has 2 rings (SSSR count). The third-order valence-corrected chi connectivity index (χ3v) is 2.18. The van der Waals surface area contributed by atoms with Gasteiger partial charge in [-0.2, -0.15) is 0 Å². The maximum absolute atomic E-state index is 5.74. The van der Waals surface area contributed by atoms with Crippen molar-refractivity contribution >= 4 is 23.4 Å². The van der Waals surface area contributed by atoms with Crippen LogP contribution in [0.3, 0.4) is 0 Å².